The number of hydrogen-bond donors (Lipinski definition) is 2. The molecule has 1 atom stereocenters. The number of nitrogens with zero attached hydrogens (tertiary/aromatic N) is 1. The van der Waals surface area contributed by atoms with E-state index < -0.39 is 12.4 Å². The molecule has 2 aliphatic rings. The van der Waals surface area contributed by atoms with E-state index in [0.717, 1.165) is 17.7 Å². The standard InChI is InChI=1S/C24H26F3N3O4S/c25-24(26,27)34-18-4-1-16(2-5-18)13-30-20-11-17(3-6-21(20)35-14-19(28)23(30)32)22(31)29-12-15-7-9-33-10-8-15/h1-6,11,15,19H,7-10,12-14,28H2,(H,29,31)/t19-/m0/s1. The largest absolute Gasteiger partial charge is 0.573 e. The first-order valence-corrected chi connectivity index (χ1v) is 12.2. The van der Waals surface area contributed by atoms with Crippen LogP contribution in [0.1, 0.15) is 28.8 Å². The minimum Gasteiger partial charge on any atom is -0.406 e. The Bertz CT molecular complexity index is 1060. The molecule has 3 N–H and O–H groups in total. The van der Waals surface area contributed by atoms with Crippen LogP contribution in [0, 0.1) is 5.92 Å². The molecule has 1 saturated heterocycles. The normalized spacial score (nSPS) is 19.1. The average Bonchev–Trinajstić information content (AvgIpc) is 2.95. The van der Waals surface area contributed by atoms with Gasteiger partial charge in [-0.25, -0.2) is 0 Å². The number of fused-ring (bicyclic) bond motifs is 1. The maximum absolute atomic E-state index is 13.1. The molecule has 0 aliphatic carbocycles. The van der Waals surface area contributed by atoms with E-state index >= 15 is 0 Å². The molecule has 2 aromatic carbocycles. The number of carbonyl (C=O) groups excluding carboxylic acids is 2. The monoisotopic (exact) mass is 509 g/mol. The van der Waals surface area contributed by atoms with Crippen LogP contribution in [0.5, 0.6) is 5.75 Å². The highest BCUT2D eigenvalue weighted by molar-refractivity contribution is 7.99. The van der Waals surface area contributed by atoms with Gasteiger partial charge in [0, 0.05) is 36.0 Å². The molecule has 35 heavy (non-hydrogen) atoms. The van der Waals surface area contributed by atoms with E-state index in [9.17, 15) is 22.8 Å². The third-order valence-corrected chi connectivity index (χ3v) is 7.09. The first-order valence-electron chi connectivity index (χ1n) is 11.2. The van der Waals surface area contributed by atoms with Crippen LogP contribution in [-0.2, 0) is 16.1 Å². The molecule has 4 rings (SSSR count). The third kappa shape index (κ3) is 6.68. The number of alkyl halides is 3. The summed E-state index contributed by atoms with van der Waals surface area (Å²) < 4.78 is 46.6. The molecule has 7 nitrogen and oxygen atoms in total. The molecule has 2 heterocycles. The number of nitrogens with two attached hydrogens (primary N) is 1. The van der Waals surface area contributed by atoms with Gasteiger partial charge >= 0.3 is 6.36 Å². The summed E-state index contributed by atoms with van der Waals surface area (Å²) in [5.74, 6) is -0.176. The lowest BCUT2D eigenvalue weighted by atomic mass is 10.0. The summed E-state index contributed by atoms with van der Waals surface area (Å²) in [6, 6.07) is 9.73. The summed E-state index contributed by atoms with van der Waals surface area (Å²) in [5, 5.41) is 2.97. The molecule has 0 saturated carbocycles. The van der Waals surface area contributed by atoms with Crippen molar-refractivity contribution in [3.05, 3.63) is 53.6 Å². The number of hydrogen-bond acceptors (Lipinski definition) is 6. The number of rotatable bonds is 6. The van der Waals surface area contributed by atoms with E-state index in [1.54, 1.807) is 18.2 Å². The minimum atomic E-state index is -4.78. The van der Waals surface area contributed by atoms with Gasteiger partial charge < -0.3 is 25.4 Å². The zero-order valence-corrected chi connectivity index (χ0v) is 19.7. The summed E-state index contributed by atoms with van der Waals surface area (Å²) in [5.41, 5.74) is 7.63. The number of halogens is 3. The van der Waals surface area contributed by atoms with Crippen molar-refractivity contribution in [3.8, 4) is 5.75 Å². The first kappa shape index (κ1) is 25.3. The van der Waals surface area contributed by atoms with Crippen molar-refractivity contribution in [1.82, 2.24) is 5.32 Å². The molecule has 2 aromatic rings. The number of ether oxygens (including phenoxy) is 2. The van der Waals surface area contributed by atoms with Gasteiger partial charge in [-0.15, -0.1) is 24.9 Å². The Balaban J connectivity index is 1.53. The van der Waals surface area contributed by atoms with Crippen LogP contribution in [0.3, 0.4) is 0 Å². The maximum Gasteiger partial charge on any atom is 0.573 e. The Morgan fingerprint density at radius 2 is 1.89 bits per heavy atom. The summed E-state index contributed by atoms with van der Waals surface area (Å²) in [4.78, 5) is 28.2. The molecule has 188 valence electrons. The van der Waals surface area contributed by atoms with Gasteiger partial charge in [-0.3, -0.25) is 9.59 Å². The SMILES string of the molecule is N[C@H]1CSc2ccc(C(=O)NCC3CCOCC3)cc2N(Cc2ccc(OC(F)(F)F)cc2)C1=O. The van der Waals surface area contributed by atoms with Gasteiger partial charge in [-0.2, -0.15) is 0 Å². The zero-order valence-electron chi connectivity index (χ0n) is 18.8. The van der Waals surface area contributed by atoms with E-state index in [1.165, 1.54) is 40.9 Å². The van der Waals surface area contributed by atoms with Gasteiger partial charge in [0.05, 0.1) is 18.3 Å². The molecule has 0 aromatic heterocycles. The molecular formula is C24H26F3N3O4S. The second-order valence-corrected chi connectivity index (χ2v) is 9.54. The fraction of sp³-hybridized carbons (Fsp3) is 0.417. The highest BCUT2D eigenvalue weighted by Gasteiger charge is 2.32. The van der Waals surface area contributed by atoms with Crippen LogP contribution in [0.4, 0.5) is 18.9 Å². The molecular weight excluding hydrogens is 483 g/mol. The van der Waals surface area contributed by atoms with E-state index in [-0.39, 0.29) is 24.1 Å². The smallest absolute Gasteiger partial charge is 0.406 e. The van der Waals surface area contributed by atoms with Gasteiger partial charge in [0.1, 0.15) is 5.75 Å². The van der Waals surface area contributed by atoms with Gasteiger partial charge in [0.2, 0.25) is 5.91 Å². The van der Waals surface area contributed by atoms with Gasteiger partial charge in [0.15, 0.2) is 0 Å². The van der Waals surface area contributed by atoms with E-state index in [2.05, 4.69) is 10.1 Å². The van der Waals surface area contributed by atoms with Gasteiger partial charge in [0.25, 0.3) is 5.91 Å². The number of carbonyl (C=O) groups is 2. The van der Waals surface area contributed by atoms with Crippen molar-refractivity contribution in [1.29, 1.82) is 0 Å². The second-order valence-electron chi connectivity index (χ2n) is 8.48. The number of anilines is 1. The van der Waals surface area contributed by atoms with Crippen LogP contribution in [0.15, 0.2) is 47.4 Å². The minimum absolute atomic E-state index is 0.0829. The summed E-state index contributed by atoms with van der Waals surface area (Å²) in [6.45, 7) is 2.02. The van der Waals surface area contributed by atoms with Crippen molar-refractivity contribution in [2.24, 2.45) is 11.7 Å². The molecule has 0 spiro atoms. The van der Waals surface area contributed by atoms with Crippen molar-refractivity contribution in [3.63, 3.8) is 0 Å². The predicted molar refractivity (Wildman–Crippen MR) is 125 cm³/mol. The van der Waals surface area contributed by atoms with E-state index in [1.807, 2.05) is 0 Å². The Morgan fingerprint density at radius 3 is 2.57 bits per heavy atom. The Kier molecular flexibility index (Phi) is 7.88. The number of benzene rings is 2. The molecule has 0 unspecified atom stereocenters. The highest BCUT2D eigenvalue weighted by atomic mass is 32.2. The van der Waals surface area contributed by atoms with Crippen molar-refractivity contribution >= 4 is 29.3 Å². The average molecular weight is 510 g/mol. The van der Waals surface area contributed by atoms with Crippen molar-refractivity contribution in [2.75, 3.05) is 30.4 Å². The van der Waals surface area contributed by atoms with Gasteiger partial charge in [-0.1, -0.05) is 12.1 Å². The maximum atomic E-state index is 13.1. The lowest BCUT2D eigenvalue weighted by Crippen LogP contribution is -2.44. The molecule has 0 radical (unpaired) electrons. The third-order valence-electron chi connectivity index (χ3n) is 5.90. The van der Waals surface area contributed by atoms with E-state index in [0.29, 0.717) is 48.2 Å². The lowest BCUT2D eigenvalue weighted by molar-refractivity contribution is -0.274. The first-order chi connectivity index (χ1) is 16.7. The Morgan fingerprint density at radius 1 is 1.17 bits per heavy atom. The van der Waals surface area contributed by atoms with Crippen molar-refractivity contribution in [2.45, 2.75) is 36.7 Å². The molecule has 1 fully saturated rings. The topological polar surface area (TPSA) is 93.9 Å². The number of thioether (sulfide) groups is 1. The Hall–Kier alpha value is -2.76. The molecule has 0 bridgehead atoms. The highest BCUT2D eigenvalue weighted by Crippen LogP contribution is 2.36. The van der Waals surface area contributed by atoms with Crippen LogP contribution < -0.4 is 20.7 Å². The molecule has 2 aliphatic heterocycles. The fourth-order valence-electron chi connectivity index (χ4n) is 3.99. The summed E-state index contributed by atoms with van der Waals surface area (Å²) in [7, 11) is 0. The zero-order chi connectivity index (χ0) is 25.0. The van der Waals surface area contributed by atoms with Crippen LogP contribution in [-0.4, -0.2) is 49.7 Å². The molecule has 11 heteroatoms. The van der Waals surface area contributed by atoms with E-state index in [4.69, 9.17) is 10.5 Å². The van der Waals surface area contributed by atoms with Crippen LogP contribution in [0.25, 0.3) is 0 Å². The van der Waals surface area contributed by atoms with Crippen molar-refractivity contribution < 1.29 is 32.2 Å². The van der Waals surface area contributed by atoms with Crippen LogP contribution >= 0.6 is 11.8 Å². The number of nitrogens with one attached hydrogen (secondary N) is 1. The van der Waals surface area contributed by atoms with Gasteiger partial charge in [-0.05, 0) is 54.7 Å². The summed E-state index contributed by atoms with van der Waals surface area (Å²) >= 11 is 1.42. The predicted octanol–water partition coefficient (Wildman–Crippen LogP) is 3.71. The number of amides is 2. The molecule has 2 amide bonds. The lowest BCUT2D eigenvalue weighted by Gasteiger charge is -2.25. The summed E-state index contributed by atoms with van der Waals surface area (Å²) in [6.07, 6.45) is -2.99. The quantitative estimate of drug-likeness (QED) is 0.617. The Labute approximate surface area is 205 Å². The second kappa shape index (κ2) is 10.9. The van der Waals surface area contributed by atoms with Crippen LogP contribution in [0.2, 0.25) is 0 Å². The fourth-order valence-corrected chi connectivity index (χ4v) is 4.98.